The predicted octanol–water partition coefficient (Wildman–Crippen LogP) is 0.339. The second kappa shape index (κ2) is 9.53. The minimum Gasteiger partial charge on any atom is -0.381 e. The van der Waals surface area contributed by atoms with Gasteiger partial charge < -0.3 is 10.1 Å². The molecule has 0 aromatic rings. The number of rotatable bonds is 6. The number of nitrogens with zero attached hydrogens (tertiary/aromatic N) is 1. The van der Waals surface area contributed by atoms with Crippen LogP contribution in [0.25, 0.3) is 0 Å². The van der Waals surface area contributed by atoms with Crippen LogP contribution in [0.3, 0.4) is 0 Å². The number of alkyl halides is 2. The summed E-state index contributed by atoms with van der Waals surface area (Å²) in [6, 6.07) is 0.322. The van der Waals surface area contributed by atoms with Crippen molar-refractivity contribution in [2.75, 3.05) is 32.2 Å². The van der Waals surface area contributed by atoms with Crippen LogP contribution in [-0.2, 0) is 19.6 Å². The quantitative estimate of drug-likeness (QED) is 0.407. The maximum Gasteiger partial charge on any atom is 0.241 e. The molecule has 5 unspecified atom stereocenters. The van der Waals surface area contributed by atoms with Gasteiger partial charge in [0.05, 0.1) is 17.0 Å². The summed E-state index contributed by atoms with van der Waals surface area (Å²) in [4.78, 5) is 16.8. The summed E-state index contributed by atoms with van der Waals surface area (Å²) in [5.74, 6) is -1.74. The Morgan fingerprint density at radius 3 is 2.68 bits per heavy atom. The average molecular weight is 441 g/mol. The highest BCUT2D eigenvalue weighted by Crippen LogP contribution is 2.34. The van der Waals surface area contributed by atoms with Crippen molar-refractivity contribution in [1.29, 1.82) is 0 Å². The maximum atomic E-state index is 14.6. The van der Waals surface area contributed by atoms with Crippen molar-refractivity contribution in [3.8, 4) is 0 Å². The molecule has 162 valence electrons. The van der Waals surface area contributed by atoms with Crippen LogP contribution in [0, 0.1) is 11.8 Å². The van der Waals surface area contributed by atoms with Gasteiger partial charge >= 0.3 is 0 Å². The monoisotopic (exact) mass is 440 g/mol. The normalized spacial score (nSPS) is 35.8. The van der Waals surface area contributed by atoms with Gasteiger partial charge in [-0.05, 0) is 38.5 Å². The Balaban J connectivity index is 1.54. The van der Waals surface area contributed by atoms with E-state index in [-0.39, 0.29) is 17.7 Å². The lowest BCUT2D eigenvalue weighted by Gasteiger charge is -2.38. The molecule has 2 aliphatic heterocycles. The van der Waals surface area contributed by atoms with Gasteiger partial charge in [-0.1, -0.05) is 0 Å². The Labute approximate surface area is 170 Å². The van der Waals surface area contributed by atoms with Gasteiger partial charge in [0.25, 0.3) is 0 Å². The van der Waals surface area contributed by atoms with E-state index in [4.69, 9.17) is 16.3 Å². The van der Waals surface area contributed by atoms with E-state index in [2.05, 4.69) is 27.4 Å². The molecule has 1 amide bonds. The smallest absolute Gasteiger partial charge is 0.241 e. The topological polar surface area (TPSA) is 99.8 Å². The third-order valence-electron chi connectivity index (χ3n) is 5.88. The summed E-state index contributed by atoms with van der Waals surface area (Å²) >= 11 is 6.18. The van der Waals surface area contributed by atoms with Crippen LogP contribution in [0.5, 0.6) is 0 Å². The average Bonchev–Trinajstić information content (AvgIpc) is 3.09. The summed E-state index contributed by atoms with van der Waals surface area (Å²) < 4.78 is 44.3. The molecule has 11 heteroatoms. The number of hydrogen-bond donors (Lipinski definition) is 3. The molecule has 3 aliphatic rings. The molecule has 0 radical (unpaired) electrons. The van der Waals surface area contributed by atoms with Crippen LogP contribution in [0.2, 0.25) is 0 Å². The number of nitrogens with one attached hydrogen (secondary N) is 3. The van der Waals surface area contributed by atoms with Gasteiger partial charge in [-0.15, -0.1) is 16.4 Å². The van der Waals surface area contributed by atoms with Crippen molar-refractivity contribution < 1.29 is 22.3 Å². The Kier molecular flexibility index (Phi) is 7.54. The van der Waals surface area contributed by atoms with Crippen molar-refractivity contribution in [2.45, 2.75) is 56.2 Å². The number of carbonyl (C=O) groups excluding carboxylic acids is 1. The zero-order valence-corrected chi connectivity index (χ0v) is 17.6. The molecule has 0 bridgehead atoms. The highest BCUT2D eigenvalue weighted by atomic mass is 35.5. The van der Waals surface area contributed by atoms with E-state index >= 15 is 0 Å². The lowest BCUT2D eigenvalue weighted by atomic mass is 9.82. The van der Waals surface area contributed by atoms with Crippen LogP contribution in [0.1, 0.15) is 32.6 Å². The molecule has 2 heterocycles. The third-order valence-corrected chi connectivity index (χ3v) is 7.63. The zero-order valence-electron chi connectivity index (χ0n) is 16.1. The Hall–Kier alpha value is -0.520. The number of hydrogen-bond acceptors (Lipinski definition) is 6. The standard InChI is InChI=1S/C17H30ClFN4O4S/c1-11-8-23(10-20-11)13-6-14(16(19)15(18)7-13)17(24)21-22-28(25,26)9-12-2-4-27-5-3-12/h11-16,20,22H,2-10H2,1H3,(H,21,24). The molecule has 3 N–H and O–H groups in total. The fourth-order valence-electron chi connectivity index (χ4n) is 4.23. The van der Waals surface area contributed by atoms with Crippen molar-refractivity contribution >= 4 is 27.5 Å². The molecule has 0 spiro atoms. The van der Waals surface area contributed by atoms with Crippen LogP contribution in [0.15, 0.2) is 0 Å². The predicted molar refractivity (Wildman–Crippen MR) is 104 cm³/mol. The second-order valence-electron chi connectivity index (χ2n) is 8.16. The van der Waals surface area contributed by atoms with Gasteiger partial charge in [-0.2, -0.15) is 0 Å². The van der Waals surface area contributed by atoms with Crippen molar-refractivity contribution in [2.24, 2.45) is 11.8 Å². The molecule has 0 aromatic carbocycles. The molecule has 5 atom stereocenters. The van der Waals surface area contributed by atoms with Crippen molar-refractivity contribution in [1.82, 2.24) is 20.5 Å². The minimum atomic E-state index is -3.70. The highest BCUT2D eigenvalue weighted by molar-refractivity contribution is 7.89. The Morgan fingerprint density at radius 2 is 2.04 bits per heavy atom. The Morgan fingerprint density at radius 1 is 1.32 bits per heavy atom. The summed E-state index contributed by atoms with van der Waals surface area (Å²) in [5, 5.41) is 2.53. The highest BCUT2D eigenvalue weighted by Gasteiger charge is 2.44. The molecule has 1 aliphatic carbocycles. The lowest BCUT2D eigenvalue weighted by molar-refractivity contribution is -0.129. The maximum absolute atomic E-state index is 14.6. The first kappa shape index (κ1) is 22.2. The number of amides is 1. The first-order valence-electron chi connectivity index (χ1n) is 9.88. The molecule has 0 aromatic heterocycles. The van der Waals surface area contributed by atoms with E-state index in [0.717, 1.165) is 6.54 Å². The molecular formula is C17H30ClFN4O4S. The van der Waals surface area contributed by atoms with Crippen LogP contribution in [0.4, 0.5) is 4.39 Å². The minimum absolute atomic E-state index is 0.00647. The number of carbonyl (C=O) groups is 1. The Bertz CT molecular complexity index is 649. The largest absolute Gasteiger partial charge is 0.381 e. The van der Waals surface area contributed by atoms with Gasteiger partial charge in [0.2, 0.25) is 15.9 Å². The second-order valence-corrected chi connectivity index (χ2v) is 10.5. The molecular weight excluding hydrogens is 411 g/mol. The molecule has 8 nitrogen and oxygen atoms in total. The van der Waals surface area contributed by atoms with E-state index in [0.29, 0.717) is 51.6 Å². The van der Waals surface area contributed by atoms with E-state index in [1.54, 1.807) is 0 Å². The van der Waals surface area contributed by atoms with E-state index in [1.807, 2.05) is 0 Å². The summed E-state index contributed by atoms with van der Waals surface area (Å²) in [6.07, 6.45) is 0.609. The molecule has 3 fully saturated rings. The number of hydrazine groups is 1. The first-order chi connectivity index (χ1) is 13.2. The van der Waals surface area contributed by atoms with Crippen LogP contribution < -0.4 is 15.6 Å². The molecule has 1 saturated carbocycles. The zero-order chi connectivity index (χ0) is 20.3. The van der Waals surface area contributed by atoms with Crippen LogP contribution in [-0.4, -0.2) is 75.0 Å². The molecule has 2 saturated heterocycles. The van der Waals surface area contributed by atoms with Gasteiger partial charge in [-0.3, -0.25) is 15.1 Å². The fourth-order valence-corrected chi connectivity index (χ4v) is 5.90. The SMILES string of the molecule is CC1CN(C2CC(Cl)C(F)C(C(=O)NNS(=O)(=O)CC3CCOCC3)C2)CN1. The van der Waals surface area contributed by atoms with Gasteiger partial charge in [0.15, 0.2) is 0 Å². The van der Waals surface area contributed by atoms with Gasteiger partial charge in [0, 0.05) is 38.5 Å². The number of halogens is 2. The molecule has 3 rings (SSSR count). The third kappa shape index (κ3) is 5.76. The van der Waals surface area contributed by atoms with Gasteiger partial charge in [-0.25, -0.2) is 12.8 Å². The number of ether oxygens (including phenoxy) is 1. The van der Waals surface area contributed by atoms with E-state index in [1.165, 1.54) is 0 Å². The van der Waals surface area contributed by atoms with E-state index < -0.39 is 33.4 Å². The fraction of sp³-hybridized carbons (Fsp3) is 0.941. The molecule has 28 heavy (non-hydrogen) atoms. The summed E-state index contributed by atoms with van der Waals surface area (Å²) in [6.45, 7) is 4.65. The number of sulfonamides is 1. The summed E-state index contributed by atoms with van der Waals surface area (Å²) in [5.41, 5.74) is 2.21. The first-order valence-corrected chi connectivity index (χ1v) is 12.0. The van der Waals surface area contributed by atoms with Gasteiger partial charge in [0.1, 0.15) is 6.17 Å². The van der Waals surface area contributed by atoms with Crippen molar-refractivity contribution in [3.63, 3.8) is 0 Å². The lowest BCUT2D eigenvalue weighted by Crippen LogP contribution is -2.54. The summed E-state index contributed by atoms with van der Waals surface area (Å²) in [7, 11) is -3.70. The van der Waals surface area contributed by atoms with Crippen molar-refractivity contribution in [3.05, 3.63) is 0 Å². The van der Waals surface area contributed by atoms with Crippen LogP contribution >= 0.6 is 11.6 Å². The van der Waals surface area contributed by atoms with E-state index in [9.17, 15) is 17.6 Å².